The van der Waals surface area contributed by atoms with E-state index in [0.29, 0.717) is 0 Å². The van der Waals surface area contributed by atoms with Crippen LogP contribution in [-0.2, 0) is 4.74 Å². The first-order chi connectivity index (χ1) is 6.20. The van der Waals surface area contributed by atoms with Gasteiger partial charge in [-0.25, -0.2) is 14.9 Å². The SMILES string of the molecule is CC(C)NC(=O)NC(=O)OC(C)(C)C. The van der Waals surface area contributed by atoms with Gasteiger partial charge in [0.2, 0.25) is 0 Å². The average molecular weight is 202 g/mol. The summed E-state index contributed by atoms with van der Waals surface area (Å²) in [6, 6.07) is -0.563. The fourth-order valence-electron chi connectivity index (χ4n) is 0.695. The van der Waals surface area contributed by atoms with Crippen LogP contribution in [0, 0.1) is 0 Å². The van der Waals surface area contributed by atoms with Gasteiger partial charge in [0.05, 0.1) is 0 Å². The van der Waals surface area contributed by atoms with E-state index in [9.17, 15) is 9.59 Å². The Labute approximate surface area is 84.2 Å². The molecular formula is C9H18N2O3. The van der Waals surface area contributed by atoms with E-state index in [1.165, 1.54) is 0 Å². The summed E-state index contributed by atoms with van der Waals surface area (Å²) >= 11 is 0. The molecule has 0 spiro atoms. The van der Waals surface area contributed by atoms with Crippen molar-refractivity contribution >= 4 is 12.1 Å². The van der Waals surface area contributed by atoms with Crippen LogP contribution < -0.4 is 10.6 Å². The van der Waals surface area contributed by atoms with Gasteiger partial charge < -0.3 is 10.1 Å². The van der Waals surface area contributed by atoms with Crippen molar-refractivity contribution in [3.63, 3.8) is 0 Å². The van der Waals surface area contributed by atoms with Crippen molar-refractivity contribution in [1.29, 1.82) is 0 Å². The monoisotopic (exact) mass is 202 g/mol. The van der Waals surface area contributed by atoms with E-state index in [-0.39, 0.29) is 6.04 Å². The Bertz CT molecular complexity index is 219. The summed E-state index contributed by atoms with van der Waals surface area (Å²) in [6.07, 6.45) is -0.740. The standard InChI is InChI=1S/C9H18N2O3/c1-6(2)10-7(12)11-8(13)14-9(3,4)5/h6H,1-5H3,(H2,10,11,12,13). The number of alkyl carbamates (subject to hydrolysis) is 1. The zero-order valence-corrected chi connectivity index (χ0v) is 9.30. The molecule has 5 nitrogen and oxygen atoms in total. The maximum absolute atomic E-state index is 11.1. The molecule has 82 valence electrons. The van der Waals surface area contributed by atoms with Crippen LogP contribution in [0.5, 0.6) is 0 Å². The molecular weight excluding hydrogens is 184 g/mol. The smallest absolute Gasteiger partial charge is 0.415 e. The molecule has 5 heteroatoms. The highest BCUT2D eigenvalue weighted by Crippen LogP contribution is 2.06. The van der Waals surface area contributed by atoms with E-state index in [2.05, 4.69) is 10.6 Å². The van der Waals surface area contributed by atoms with Crippen LogP contribution in [-0.4, -0.2) is 23.8 Å². The lowest BCUT2D eigenvalue weighted by Gasteiger charge is -2.19. The molecule has 2 N–H and O–H groups in total. The zero-order valence-electron chi connectivity index (χ0n) is 9.30. The first-order valence-electron chi connectivity index (χ1n) is 4.51. The molecule has 0 aromatic rings. The normalized spacial score (nSPS) is 11.0. The van der Waals surface area contributed by atoms with E-state index in [1.807, 2.05) is 0 Å². The minimum absolute atomic E-state index is 0.0163. The van der Waals surface area contributed by atoms with Gasteiger partial charge in [-0.3, -0.25) is 0 Å². The van der Waals surface area contributed by atoms with Crippen molar-refractivity contribution in [1.82, 2.24) is 10.6 Å². The van der Waals surface area contributed by atoms with Crippen molar-refractivity contribution in [3.8, 4) is 0 Å². The largest absolute Gasteiger partial charge is 0.443 e. The third kappa shape index (κ3) is 7.39. The Balaban J connectivity index is 3.90. The molecule has 0 unspecified atom stereocenters. The molecule has 0 atom stereocenters. The number of hydrogen-bond acceptors (Lipinski definition) is 3. The minimum atomic E-state index is -0.740. The van der Waals surface area contributed by atoms with Crippen LogP contribution in [0.3, 0.4) is 0 Å². The first kappa shape index (κ1) is 12.7. The number of nitrogens with one attached hydrogen (secondary N) is 2. The van der Waals surface area contributed by atoms with E-state index in [4.69, 9.17) is 4.74 Å². The second kappa shape index (κ2) is 4.83. The third-order valence-electron chi connectivity index (χ3n) is 1.03. The summed E-state index contributed by atoms with van der Waals surface area (Å²) < 4.78 is 4.88. The lowest BCUT2D eigenvalue weighted by molar-refractivity contribution is 0.0547. The molecule has 0 aliphatic carbocycles. The third-order valence-corrected chi connectivity index (χ3v) is 1.03. The summed E-state index contributed by atoms with van der Waals surface area (Å²) in [6.45, 7) is 8.79. The number of rotatable bonds is 1. The number of urea groups is 1. The van der Waals surface area contributed by atoms with Crippen LogP contribution in [0.4, 0.5) is 9.59 Å². The highest BCUT2D eigenvalue weighted by molar-refractivity contribution is 5.90. The minimum Gasteiger partial charge on any atom is -0.443 e. The van der Waals surface area contributed by atoms with Gasteiger partial charge in [0, 0.05) is 6.04 Å². The second-order valence-electron chi connectivity index (χ2n) is 4.26. The fraction of sp³-hybridized carbons (Fsp3) is 0.778. The Morgan fingerprint density at radius 1 is 1.21 bits per heavy atom. The summed E-state index contributed by atoms with van der Waals surface area (Å²) in [4.78, 5) is 22.1. The number of carbonyl (C=O) groups is 2. The topological polar surface area (TPSA) is 67.4 Å². The van der Waals surface area contributed by atoms with Crippen LogP contribution >= 0.6 is 0 Å². The molecule has 0 aromatic heterocycles. The van der Waals surface area contributed by atoms with Crippen molar-refractivity contribution in [3.05, 3.63) is 0 Å². The van der Waals surface area contributed by atoms with Gasteiger partial charge in [-0.15, -0.1) is 0 Å². The van der Waals surface area contributed by atoms with Crippen LogP contribution in [0.25, 0.3) is 0 Å². The Morgan fingerprint density at radius 2 is 1.71 bits per heavy atom. The predicted octanol–water partition coefficient (Wildman–Crippen LogP) is 1.63. The second-order valence-corrected chi connectivity index (χ2v) is 4.26. The van der Waals surface area contributed by atoms with Gasteiger partial charge in [-0.1, -0.05) is 0 Å². The predicted molar refractivity (Wildman–Crippen MR) is 53.0 cm³/mol. The Hall–Kier alpha value is -1.26. The maximum atomic E-state index is 11.1. The molecule has 0 saturated heterocycles. The number of ether oxygens (including phenoxy) is 1. The van der Waals surface area contributed by atoms with Crippen molar-refractivity contribution in [2.45, 2.75) is 46.3 Å². The van der Waals surface area contributed by atoms with Crippen LogP contribution in [0.1, 0.15) is 34.6 Å². The highest BCUT2D eigenvalue weighted by atomic mass is 16.6. The molecule has 3 amide bonds. The first-order valence-corrected chi connectivity index (χ1v) is 4.51. The van der Waals surface area contributed by atoms with Gasteiger partial charge in [-0.2, -0.15) is 0 Å². The molecule has 0 bridgehead atoms. The van der Waals surface area contributed by atoms with Crippen molar-refractivity contribution in [2.24, 2.45) is 0 Å². The molecule has 0 rings (SSSR count). The summed E-state index contributed by atoms with van der Waals surface area (Å²) in [5.41, 5.74) is -0.595. The summed E-state index contributed by atoms with van der Waals surface area (Å²) in [7, 11) is 0. The summed E-state index contributed by atoms with van der Waals surface area (Å²) in [5.74, 6) is 0. The molecule has 0 aliphatic rings. The van der Waals surface area contributed by atoms with Gasteiger partial charge in [-0.05, 0) is 34.6 Å². The molecule has 0 aromatic carbocycles. The molecule has 0 fully saturated rings. The number of amides is 3. The lowest BCUT2D eigenvalue weighted by atomic mass is 10.2. The maximum Gasteiger partial charge on any atom is 0.415 e. The van der Waals surface area contributed by atoms with Gasteiger partial charge in [0.1, 0.15) is 5.60 Å². The van der Waals surface area contributed by atoms with Crippen molar-refractivity contribution < 1.29 is 14.3 Å². The van der Waals surface area contributed by atoms with Gasteiger partial charge in [0.15, 0.2) is 0 Å². The Kier molecular flexibility index (Phi) is 4.40. The van der Waals surface area contributed by atoms with E-state index in [1.54, 1.807) is 34.6 Å². The quantitative estimate of drug-likeness (QED) is 0.679. The van der Waals surface area contributed by atoms with Crippen LogP contribution in [0.15, 0.2) is 0 Å². The average Bonchev–Trinajstić information content (AvgIpc) is 1.77. The van der Waals surface area contributed by atoms with Crippen molar-refractivity contribution in [2.75, 3.05) is 0 Å². The number of hydrogen-bond donors (Lipinski definition) is 2. The molecule has 14 heavy (non-hydrogen) atoms. The van der Waals surface area contributed by atoms with Gasteiger partial charge >= 0.3 is 12.1 Å². The molecule has 0 heterocycles. The van der Waals surface area contributed by atoms with Gasteiger partial charge in [0.25, 0.3) is 0 Å². The highest BCUT2D eigenvalue weighted by Gasteiger charge is 2.17. The molecule has 0 aliphatic heterocycles. The molecule has 0 radical (unpaired) electrons. The Morgan fingerprint density at radius 3 is 2.07 bits per heavy atom. The fourth-order valence-corrected chi connectivity index (χ4v) is 0.695. The van der Waals surface area contributed by atoms with E-state index >= 15 is 0 Å². The van der Waals surface area contributed by atoms with E-state index < -0.39 is 17.7 Å². The van der Waals surface area contributed by atoms with Crippen LogP contribution in [0.2, 0.25) is 0 Å². The number of imide groups is 1. The zero-order chi connectivity index (χ0) is 11.4. The van der Waals surface area contributed by atoms with E-state index in [0.717, 1.165) is 0 Å². The summed E-state index contributed by atoms with van der Waals surface area (Å²) in [5, 5.41) is 4.57. The molecule has 0 saturated carbocycles. The number of carbonyl (C=O) groups excluding carboxylic acids is 2. The lowest BCUT2D eigenvalue weighted by Crippen LogP contribution is -2.44.